The maximum absolute atomic E-state index is 13.8. The van der Waals surface area contributed by atoms with Gasteiger partial charge in [0.2, 0.25) is 0 Å². The van der Waals surface area contributed by atoms with Crippen LogP contribution in [0.4, 0.5) is 4.39 Å². The van der Waals surface area contributed by atoms with Gasteiger partial charge in [-0.05, 0) is 25.0 Å². The fourth-order valence-corrected chi connectivity index (χ4v) is 2.04. The molecule has 0 saturated heterocycles. The lowest BCUT2D eigenvalue weighted by molar-refractivity contribution is -0.145. The summed E-state index contributed by atoms with van der Waals surface area (Å²) < 4.78 is 18.6. The van der Waals surface area contributed by atoms with Gasteiger partial charge in [-0.15, -0.1) is 0 Å². The predicted octanol–water partition coefficient (Wildman–Crippen LogP) is 1.43. The molecule has 0 aliphatic heterocycles. The molecule has 0 aromatic heterocycles. The molecule has 0 heterocycles. The Balaban J connectivity index is 2.00. The van der Waals surface area contributed by atoms with Gasteiger partial charge in [-0.3, -0.25) is 9.59 Å². The summed E-state index contributed by atoms with van der Waals surface area (Å²) in [6.07, 6.45) is 0.763. The third-order valence-electron chi connectivity index (χ3n) is 3.25. The second-order valence-corrected chi connectivity index (χ2v) is 4.50. The lowest BCUT2D eigenvalue weighted by atomic mass is 9.80. The van der Waals surface area contributed by atoms with Gasteiger partial charge >= 0.3 is 5.97 Å². The molecule has 0 atom stereocenters. The zero-order valence-electron chi connectivity index (χ0n) is 10.4. The van der Waals surface area contributed by atoms with E-state index < -0.39 is 23.6 Å². The van der Waals surface area contributed by atoms with Crippen molar-refractivity contribution in [2.45, 2.75) is 18.9 Å². The summed E-state index contributed by atoms with van der Waals surface area (Å²) >= 11 is 0. The molecule has 0 spiro atoms. The minimum atomic E-state index is -0.863. The Labute approximate surface area is 109 Å². The Morgan fingerprint density at radius 1 is 1.42 bits per heavy atom. The van der Waals surface area contributed by atoms with E-state index in [2.05, 4.69) is 5.32 Å². The number of nitrogens with one attached hydrogen (secondary N) is 1. The fraction of sp³-hybridized carbons (Fsp3) is 0.385. The van der Waals surface area contributed by atoms with Gasteiger partial charge < -0.3 is 15.2 Å². The van der Waals surface area contributed by atoms with E-state index in [1.165, 1.54) is 25.3 Å². The van der Waals surface area contributed by atoms with Crippen molar-refractivity contribution in [1.82, 2.24) is 5.32 Å². The number of carboxylic acid groups (broad SMARTS) is 1. The van der Waals surface area contributed by atoms with E-state index in [9.17, 15) is 14.0 Å². The number of hydrogen-bond acceptors (Lipinski definition) is 3. The maximum Gasteiger partial charge on any atom is 0.306 e. The Morgan fingerprint density at radius 2 is 2.11 bits per heavy atom. The standard InChI is InChI=1S/C13H14FNO4/c1-19-10-4-2-3-9(11(10)14)12(16)15-8-5-7(6-8)13(17)18/h2-4,7-8H,5-6H2,1H3,(H,15,16)(H,17,18). The average Bonchev–Trinajstić information content (AvgIpc) is 2.32. The van der Waals surface area contributed by atoms with Crippen molar-refractivity contribution in [2.24, 2.45) is 5.92 Å². The van der Waals surface area contributed by atoms with Crippen LogP contribution in [-0.4, -0.2) is 30.1 Å². The number of ether oxygens (including phenoxy) is 1. The highest BCUT2D eigenvalue weighted by Gasteiger charge is 2.35. The zero-order valence-corrected chi connectivity index (χ0v) is 10.4. The molecule has 6 heteroatoms. The number of carbonyl (C=O) groups excluding carboxylic acids is 1. The Morgan fingerprint density at radius 3 is 2.68 bits per heavy atom. The number of benzene rings is 1. The average molecular weight is 267 g/mol. The van der Waals surface area contributed by atoms with E-state index in [0.717, 1.165) is 0 Å². The molecule has 1 aromatic carbocycles. The molecule has 1 amide bonds. The topological polar surface area (TPSA) is 75.6 Å². The smallest absolute Gasteiger partial charge is 0.306 e. The van der Waals surface area contributed by atoms with Crippen molar-refractivity contribution < 1.29 is 23.8 Å². The first-order chi connectivity index (χ1) is 9.02. The summed E-state index contributed by atoms with van der Waals surface area (Å²) in [6, 6.07) is 4.10. The van der Waals surface area contributed by atoms with Crippen LogP contribution in [0.3, 0.4) is 0 Å². The van der Waals surface area contributed by atoms with Crippen LogP contribution in [0, 0.1) is 11.7 Å². The number of rotatable bonds is 4. The number of carboxylic acids is 1. The second-order valence-electron chi connectivity index (χ2n) is 4.50. The molecule has 1 fully saturated rings. The number of amides is 1. The number of carbonyl (C=O) groups is 2. The highest BCUT2D eigenvalue weighted by atomic mass is 19.1. The quantitative estimate of drug-likeness (QED) is 0.865. The molecule has 1 aliphatic rings. The van der Waals surface area contributed by atoms with Crippen LogP contribution < -0.4 is 10.1 Å². The minimum absolute atomic E-state index is 0.00433. The number of aliphatic carboxylic acids is 1. The van der Waals surface area contributed by atoms with Gasteiger partial charge in [0.05, 0.1) is 18.6 Å². The molecule has 1 aromatic rings. The van der Waals surface area contributed by atoms with E-state index in [1.807, 2.05) is 0 Å². The highest BCUT2D eigenvalue weighted by molar-refractivity contribution is 5.95. The minimum Gasteiger partial charge on any atom is -0.494 e. The highest BCUT2D eigenvalue weighted by Crippen LogP contribution is 2.28. The van der Waals surface area contributed by atoms with E-state index in [0.29, 0.717) is 12.8 Å². The number of methoxy groups -OCH3 is 1. The van der Waals surface area contributed by atoms with E-state index >= 15 is 0 Å². The third-order valence-corrected chi connectivity index (χ3v) is 3.25. The first-order valence-corrected chi connectivity index (χ1v) is 5.89. The van der Waals surface area contributed by atoms with Crippen LogP contribution in [-0.2, 0) is 4.79 Å². The monoisotopic (exact) mass is 267 g/mol. The van der Waals surface area contributed by atoms with Crippen molar-refractivity contribution in [2.75, 3.05) is 7.11 Å². The molecule has 0 bridgehead atoms. The van der Waals surface area contributed by atoms with Crippen LogP contribution in [0.25, 0.3) is 0 Å². The Hall–Kier alpha value is -2.11. The summed E-state index contributed by atoms with van der Waals surface area (Å²) in [5.41, 5.74) is -0.0990. The zero-order chi connectivity index (χ0) is 14.0. The van der Waals surface area contributed by atoms with Gasteiger partial charge in [0, 0.05) is 6.04 Å². The van der Waals surface area contributed by atoms with E-state index in [4.69, 9.17) is 9.84 Å². The third kappa shape index (κ3) is 2.67. The molecule has 5 nitrogen and oxygen atoms in total. The predicted molar refractivity (Wildman–Crippen MR) is 64.6 cm³/mol. The van der Waals surface area contributed by atoms with Crippen molar-refractivity contribution in [3.05, 3.63) is 29.6 Å². The van der Waals surface area contributed by atoms with E-state index in [-0.39, 0.29) is 17.4 Å². The molecule has 2 rings (SSSR count). The van der Waals surface area contributed by atoms with Crippen molar-refractivity contribution in [1.29, 1.82) is 0 Å². The SMILES string of the molecule is COc1cccc(C(=O)NC2CC(C(=O)O)C2)c1F. The van der Waals surface area contributed by atoms with Crippen LogP contribution in [0.2, 0.25) is 0 Å². The lowest BCUT2D eigenvalue weighted by Crippen LogP contribution is -2.46. The molecule has 1 aliphatic carbocycles. The Bertz CT molecular complexity index is 511. The maximum atomic E-state index is 13.8. The molecule has 19 heavy (non-hydrogen) atoms. The van der Waals surface area contributed by atoms with Gasteiger partial charge in [-0.2, -0.15) is 0 Å². The molecule has 1 saturated carbocycles. The summed E-state index contributed by atoms with van der Waals surface area (Å²) in [4.78, 5) is 22.5. The van der Waals surface area contributed by atoms with Crippen LogP contribution in [0.5, 0.6) is 5.75 Å². The van der Waals surface area contributed by atoms with Gasteiger partial charge in [-0.1, -0.05) is 6.07 Å². The molecule has 0 radical (unpaired) electrons. The molecule has 102 valence electrons. The number of hydrogen-bond donors (Lipinski definition) is 2. The Kier molecular flexibility index (Phi) is 3.69. The van der Waals surface area contributed by atoms with Gasteiger partial charge in [0.15, 0.2) is 11.6 Å². The summed E-state index contributed by atoms with van der Waals surface area (Å²) in [7, 11) is 1.32. The van der Waals surface area contributed by atoms with E-state index in [1.54, 1.807) is 0 Å². The largest absolute Gasteiger partial charge is 0.494 e. The number of halogens is 1. The molecule has 0 unspecified atom stereocenters. The summed E-state index contributed by atoms with van der Waals surface area (Å²) in [5, 5.41) is 11.3. The van der Waals surface area contributed by atoms with Crippen LogP contribution in [0.15, 0.2) is 18.2 Å². The van der Waals surface area contributed by atoms with Gasteiger partial charge in [0.1, 0.15) is 0 Å². The van der Waals surface area contributed by atoms with Gasteiger partial charge in [-0.25, -0.2) is 4.39 Å². The normalized spacial score (nSPS) is 21.4. The molecular weight excluding hydrogens is 253 g/mol. The summed E-state index contributed by atoms with van der Waals surface area (Å²) in [5.74, 6) is -2.54. The molecule has 2 N–H and O–H groups in total. The first-order valence-electron chi connectivity index (χ1n) is 5.89. The second kappa shape index (κ2) is 5.26. The summed E-state index contributed by atoms with van der Waals surface area (Å²) in [6.45, 7) is 0. The van der Waals surface area contributed by atoms with Crippen molar-refractivity contribution in [3.8, 4) is 5.75 Å². The lowest BCUT2D eigenvalue weighted by Gasteiger charge is -2.32. The van der Waals surface area contributed by atoms with Crippen molar-refractivity contribution in [3.63, 3.8) is 0 Å². The first kappa shape index (κ1) is 13.3. The molecular formula is C13H14FNO4. The van der Waals surface area contributed by atoms with Crippen LogP contribution in [0.1, 0.15) is 23.2 Å². The van der Waals surface area contributed by atoms with Crippen LogP contribution >= 0.6 is 0 Å². The van der Waals surface area contributed by atoms with Crippen molar-refractivity contribution >= 4 is 11.9 Å². The fourth-order valence-electron chi connectivity index (χ4n) is 2.04. The van der Waals surface area contributed by atoms with Gasteiger partial charge in [0.25, 0.3) is 5.91 Å².